The molecule has 1 aliphatic rings. The largest absolute Gasteiger partial charge is 0.488 e. The van der Waals surface area contributed by atoms with Crippen LogP contribution in [-0.2, 0) is 10.9 Å². The highest BCUT2D eigenvalue weighted by atomic mass is 19.4. The molecule has 2 atom stereocenters. The van der Waals surface area contributed by atoms with E-state index in [1.54, 1.807) is 6.07 Å². The SMILES string of the molecule is CCOC[C@H](Oc1cccc(C(F)(F)F)c1)C1CCNC1. The normalized spacial score (nSPS) is 20.5. The maximum absolute atomic E-state index is 12.7. The van der Waals surface area contributed by atoms with Crippen molar-refractivity contribution in [3.8, 4) is 5.75 Å². The van der Waals surface area contributed by atoms with Gasteiger partial charge in [0.05, 0.1) is 12.2 Å². The zero-order valence-electron chi connectivity index (χ0n) is 12.0. The van der Waals surface area contributed by atoms with Crippen molar-refractivity contribution in [2.24, 2.45) is 5.92 Å². The summed E-state index contributed by atoms with van der Waals surface area (Å²) < 4.78 is 49.3. The summed E-state index contributed by atoms with van der Waals surface area (Å²) in [6.45, 7) is 4.53. The van der Waals surface area contributed by atoms with Gasteiger partial charge in [-0.2, -0.15) is 13.2 Å². The Morgan fingerprint density at radius 3 is 2.81 bits per heavy atom. The third-order valence-corrected chi connectivity index (χ3v) is 3.56. The molecule has 0 aromatic heterocycles. The zero-order chi connectivity index (χ0) is 15.3. The average Bonchev–Trinajstić information content (AvgIpc) is 2.97. The topological polar surface area (TPSA) is 30.5 Å². The first-order valence-electron chi connectivity index (χ1n) is 7.13. The fraction of sp³-hybridized carbons (Fsp3) is 0.600. The Balaban J connectivity index is 2.08. The van der Waals surface area contributed by atoms with Crippen LogP contribution >= 0.6 is 0 Å². The lowest BCUT2D eigenvalue weighted by Crippen LogP contribution is -2.33. The van der Waals surface area contributed by atoms with Gasteiger partial charge in [0.1, 0.15) is 11.9 Å². The van der Waals surface area contributed by atoms with Crippen molar-refractivity contribution in [1.29, 1.82) is 0 Å². The molecule has 6 heteroatoms. The molecule has 1 aromatic rings. The Kier molecular flexibility index (Phi) is 5.47. The highest BCUT2D eigenvalue weighted by Crippen LogP contribution is 2.32. The molecule has 1 N–H and O–H groups in total. The second-order valence-corrected chi connectivity index (χ2v) is 5.09. The summed E-state index contributed by atoms with van der Waals surface area (Å²) in [4.78, 5) is 0. The minimum absolute atomic E-state index is 0.233. The van der Waals surface area contributed by atoms with Crippen molar-refractivity contribution in [1.82, 2.24) is 5.32 Å². The molecular formula is C15H20F3NO2. The lowest BCUT2D eigenvalue weighted by molar-refractivity contribution is -0.137. The number of benzene rings is 1. The second kappa shape index (κ2) is 7.13. The molecule has 3 nitrogen and oxygen atoms in total. The molecule has 0 aliphatic carbocycles. The maximum atomic E-state index is 12.7. The molecule has 0 spiro atoms. The van der Waals surface area contributed by atoms with Crippen LogP contribution in [0.3, 0.4) is 0 Å². The van der Waals surface area contributed by atoms with Gasteiger partial charge in [0, 0.05) is 19.1 Å². The summed E-state index contributed by atoms with van der Waals surface area (Å²) >= 11 is 0. The molecule has 21 heavy (non-hydrogen) atoms. The first-order chi connectivity index (χ1) is 10.0. The lowest BCUT2D eigenvalue weighted by Gasteiger charge is -2.24. The number of alkyl halides is 3. The van der Waals surface area contributed by atoms with Crippen molar-refractivity contribution in [2.45, 2.75) is 25.6 Å². The van der Waals surface area contributed by atoms with Gasteiger partial charge in [-0.1, -0.05) is 6.07 Å². The summed E-state index contributed by atoms with van der Waals surface area (Å²) in [5.74, 6) is 0.493. The summed E-state index contributed by atoms with van der Waals surface area (Å²) in [5.41, 5.74) is -0.695. The first kappa shape index (κ1) is 16.1. The van der Waals surface area contributed by atoms with Gasteiger partial charge in [-0.25, -0.2) is 0 Å². The minimum Gasteiger partial charge on any atom is -0.488 e. The van der Waals surface area contributed by atoms with Crippen LogP contribution in [0.5, 0.6) is 5.75 Å². The number of halogens is 3. The molecule has 1 fully saturated rings. The van der Waals surface area contributed by atoms with Crippen LogP contribution < -0.4 is 10.1 Å². The fourth-order valence-electron chi connectivity index (χ4n) is 2.42. The predicted octanol–water partition coefficient (Wildman–Crippen LogP) is 3.10. The van der Waals surface area contributed by atoms with E-state index in [-0.39, 0.29) is 17.8 Å². The highest BCUT2D eigenvalue weighted by molar-refractivity contribution is 5.30. The van der Waals surface area contributed by atoms with Gasteiger partial charge >= 0.3 is 6.18 Å². The van der Waals surface area contributed by atoms with Gasteiger partial charge in [0.25, 0.3) is 0 Å². The molecule has 118 valence electrons. The summed E-state index contributed by atoms with van der Waals surface area (Å²) in [6.07, 6.45) is -3.65. The number of ether oxygens (including phenoxy) is 2. The Morgan fingerprint density at radius 2 is 2.19 bits per heavy atom. The van der Waals surface area contributed by atoms with Crippen LogP contribution in [0.15, 0.2) is 24.3 Å². The van der Waals surface area contributed by atoms with E-state index in [1.165, 1.54) is 6.07 Å². The van der Waals surface area contributed by atoms with E-state index >= 15 is 0 Å². The maximum Gasteiger partial charge on any atom is 0.416 e. The van der Waals surface area contributed by atoms with Crippen LogP contribution in [0, 0.1) is 5.92 Å². The van der Waals surface area contributed by atoms with Gasteiger partial charge in [-0.3, -0.25) is 0 Å². The van der Waals surface area contributed by atoms with E-state index in [0.717, 1.165) is 31.6 Å². The average molecular weight is 303 g/mol. The molecule has 1 saturated heterocycles. The van der Waals surface area contributed by atoms with Crippen molar-refractivity contribution < 1.29 is 22.6 Å². The Bertz CT molecular complexity index is 445. The van der Waals surface area contributed by atoms with Gasteiger partial charge < -0.3 is 14.8 Å². The van der Waals surface area contributed by atoms with Gasteiger partial charge in [0.2, 0.25) is 0 Å². The standard InChI is InChI=1S/C15H20F3NO2/c1-2-20-10-14(11-6-7-19-9-11)21-13-5-3-4-12(8-13)15(16,17)18/h3-5,8,11,14,19H,2,6-7,9-10H2,1H3/t11?,14-/m0/s1. The number of nitrogens with one attached hydrogen (secondary N) is 1. The lowest BCUT2D eigenvalue weighted by atomic mass is 10.0. The summed E-state index contributed by atoms with van der Waals surface area (Å²) in [5, 5.41) is 3.24. The van der Waals surface area contributed by atoms with Crippen LogP contribution in [0.1, 0.15) is 18.9 Å². The number of rotatable bonds is 6. The van der Waals surface area contributed by atoms with E-state index < -0.39 is 11.7 Å². The number of hydrogen-bond acceptors (Lipinski definition) is 3. The predicted molar refractivity (Wildman–Crippen MR) is 73.3 cm³/mol. The second-order valence-electron chi connectivity index (χ2n) is 5.09. The van der Waals surface area contributed by atoms with E-state index in [1.807, 2.05) is 6.92 Å². The first-order valence-corrected chi connectivity index (χ1v) is 7.13. The quantitative estimate of drug-likeness (QED) is 0.876. The molecule has 1 aliphatic heterocycles. The fourth-order valence-corrected chi connectivity index (χ4v) is 2.42. The third-order valence-electron chi connectivity index (χ3n) is 3.56. The van der Waals surface area contributed by atoms with Crippen molar-refractivity contribution in [3.63, 3.8) is 0 Å². The molecule has 1 aromatic carbocycles. The smallest absolute Gasteiger partial charge is 0.416 e. The molecule has 0 bridgehead atoms. The Morgan fingerprint density at radius 1 is 1.38 bits per heavy atom. The van der Waals surface area contributed by atoms with Crippen LogP contribution in [0.2, 0.25) is 0 Å². The van der Waals surface area contributed by atoms with E-state index in [4.69, 9.17) is 9.47 Å². The molecule has 0 radical (unpaired) electrons. The van der Waals surface area contributed by atoms with Crippen molar-refractivity contribution >= 4 is 0 Å². The molecule has 1 unspecified atom stereocenters. The molecule has 1 heterocycles. The van der Waals surface area contributed by atoms with Crippen molar-refractivity contribution in [2.75, 3.05) is 26.3 Å². The van der Waals surface area contributed by atoms with E-state index in [0.29, 0.717) is 13.2 Å². The molecule has 0 amide bonds. The minimum atomic E-state index is -4.36. The van der Waals surface area contributed by atoms with Crippen LogP contribution in [0.25, 0.3) is 0 Å². The van der Waals surface area contributed by atoms with E-state index in [2.05, 4.69) is 5.32 Å². The number of hydrogen-bond donors (Lipinski definition) is 1. The monoisotopic (exact) mass is 303 g/mol. The van der Waals surface area contributed by atoms with Crippen LogP contribution in [0.4, 0.5) is 13.2 Å². The zero-order valence-corrected chi connectivity index (χ0v) is 12.0. The summed E-state index contributed by atoms with van der Waals surface area (Å²) in [7, 11) is 0. The van der Waals surface area contributed by atoms with Gasteiger partial charge in [-0.15, -0.1) is 0 Å². The Hall–Kier alpha value is -1.27. The van der Waals surface area contributed by atoms with E-state index in [9.17, 15) is 13.2 Å². The van der Waals surface area contributed by atoms with Gasteiger partial charge in [0.15, 0.2) is 0 Å². The molecule has 2 rings (SSSR count). The third kappa shape index (κ3) is 4.61. The Labute approximate surface area is 122 Å². The summed E-state index contributed by atoms with van der Waals surface area (Å²) in [6, 6.07) is 5.00. The van der Waals surface area contributed by atoms with Gasteiger partial charge in [-0.05, 0) is 38.1 Å². The molecular weight excluding hydrogens is 283 g/mol. The van der Waals surface area contributed by atoms with Crippen LogP contribution in [-0.4, -0.2) is 32.4 Å². The molecule has 0 saturated carbocycles. The van der Waals surface area contributed by atoms with Crippen molar-refractivity contribution in [3.05, 3.63) is 29.8 Å². The highest BCUT2D eigenvalue weighted by Gasteiger charge is 2.31.